The van der Waals surface area contributed by atoms with Gasteiger partial charge in [0.05, 0.1) is 22.1 Å². The van der Waals surface area contributed by atoms with Gasteiger partial charge in [0.25, 0.3) is 0 Å². The number of fused-ring (bicyclic) bond motifs is 3. The Morgan fingerprint density at radius 3 is 2.83 bits per heavy atom. The van der Waals surface area contributed by atoms with Crippen LogP contribution in [0, 0.1) is 13.8 Å². The van der Waals surface area contributed by atoms with Crippen LogP contribution in [0.2, 0.25) is 0 Å². The van der Waals surface area contributed by atoms with Crippen LogP contribution in [-0.2, 0) is 12.8 Å². The zero-order chi connectivity index (χ0) is 24.5. The molecule has 2 N–H and O–H groups in total. The lowest BCUT2D eigenvalue weighted by Gasteiger charge is -2.20. The molecule has 0 amide bonds. The minimum atomic E-state index is 0.568. The summed E-state index contributed by atoms with van der Waals surface area (Å²) in [6, 6.07) is 9.17. The number of nitrogens with zero attached hydrogens (tertiary/aromatic N) is 5. The second kappa shape index (κ2) is 9.97. The number of likely N-dealkylation sites (tertiary alicyclic amines) is 1. The van der Waals surface area contributed by atoms with Crippen molar-refractivity contribution in [3.05, 3.63) is 59.0 Å². The summed E-state index contributed by atoms with van der Waals surface area (Å²) in [4.78, 5) is 19.8. The van der Waals surface area contributed by atoms with E-state index in [2.05, 4.69) is 75.7 Å². The normalized spacial score (nSPS) is 17.6. The van der Waals surface area contributed by atoms with Gasteiger partial charge in [-0.05, 0) is 70.6 Å². The van der Waals surface area contributed by atoms with Gasteiger partial charge >= 0.3 is 0 Å². The van der Waals surface area contributed by atoms with E-state index in [0.717, 1.165) is 64.9 Å². The van der Waals surface area contributed by atoms with E-state index in [1.807, 2.05) is 19.3 Å². The molecule has 1 fully saturated rings. The highest BCUT2D eigenvalue weighted by Crippen LogP contribution is 2.34. The predicted octanol–water partition coefficient (Wildman–Crippen LogP) is 4.37. The molecule has 5 rings (SSSR count). The highest BCUT2D eigenvalue weighted by molar-refractivity contribution is 7.80. The van der Waals surface area contributed by atoms with Gasteiger partial charge in [-0.15, -0.1) is 0 Å². The summed E-state index contributed by atoms with van der Waals surface area (Å²) in [6.45, 7) is 7.44. The van der Waals surface area contributed by atoms with Crippen LogP contribution in [0.4, 0.5) is 17.3 Å². The van der Waals surface area contributed by atoms with Crippen molar-refractivity contribution in [1.29, 1.82) is 0 Å². The minimum absolute atomic E-state index is 0.568. The van der Waals surface area contributed by atoms with Crippen molar-refractivity contribution in [2.75, 3.05) is 44.4 Å². The molecule has 0 spiro atoms. The molecular weight excluding hydrogens is 454 g/mol. The monoisotopic (exact) mass is 487 g/mol. The van der Waals surface area contributed by atoms with Gasteiger partial charge in [-0.2, -0.15) is 0 Å². The van der Waals surface area contributed by atoms with Gasteiger partial charge in [0.1, 0.15) is 0 Å². The molecule has 0 saturated carbocycles. The summed E-state index contributed by atoms with van der Waals surface area (Å²) in [5.74, 6) is 0.568. The first-order valence-electron chi connectivity index (χ1n) is 12.2. The number of aromatic nitrogens is 3. The maximum atomic E-state index is 5.54. The molecule has 1 atom stereocenters. The minimum Gasteiger partial charge on any atom is -0.349 e. The molecule has 0 bridgehead atoms. The molecule has 182 valence electrons. The molecule has 3 aromatic rings. The number of anilines is 3. The lowest BCUT2D eigenvalue weighted by atomic mass is 10.0. The summed E-state index contributed by atoms with van der Waals surface area (Å²) in [5, 5.41) is 6.80. The molecular formula is C27H33N7S. The third-order valence-electron chi connectivity index (χ3n) is 7.00. The van der Waals surface area contributed by atoms with Crippen LogP contribution in [0.25, 0.3) is 11.3 Å². The lowest BCUT2D eigenvalue weighted by molar-refractivity contribution is 0.270. The van der Waals surface area contributed by atoms with Crippen molar-refractivity contribution < 1.29 is 0 Å². The third-order valence-corrected chi connectivity index (χ3v) is 7.25. The molecule has 4 heterocycles. The summed E-state index contributed by atoms with van der Waals surface area (Å²) < 4.78 is 0. The lowest BCUT2D eigenvalue weighted by Crippen LogP contribution is -2.32. The molecule has 7 nitrogen and oxygen atoms in total. The van der Waals surface area contributed by atoms with E-state index in [4.69, 9.17) is 17.2 Å². The number of hydrogen-bond acceptors (Lipinski definition) is 7. The molecule has 1 saturated heterocycles. The number of benzene rings is 1. The Balaban J connectivity index is 1.35. The standard InChI is InChI=1S/C27H33N7S/c1-17-5-6-22-24(11-17)30-25(35)13-20-15-29-27(32-26(20)22)31-23-12-19(14-28-18(23)2)7-9-34-10-8-21(16-34)33(3)4/h5-6,11-12,14-15,21H,7-10,13,16H2,1-4H3,(H,30,35)(H,29,31,32). The van der Waals surface area contributed by atoms with Gasteiger partial charge in [0, 0.05) is 54.8 Å². The van der Waals surface area contributed by atoms with E-state index < -0.39 is 0 Å². The second-order valence-corrected chi connectivity index (χ2v) is 10.4. The van der Waals surface area contributed by atoms with Crippen LogP contribution in [0.5, 0.6) is 0 Å². The van der Waals surface area contributed by atoms with Gasteiger partial charge in [-0.1, -0.05) is 24.4 Å². The predicted molar refractivity (Wildman–Crippen MR) is 147 cm³/mol. The fourth-order valence-corrected chi connectivity index (χ4v) is 5.11. The number of aryl methyl sites for hydroxylation is 2. The van der Waals surface area contributed by atoms with Gasteiger partial charge in [-0.25, -0.2) is 9.97 Å². The topological polar surface area (TPSA) is 69.2 Å². The number of likely N-dealkylation sites (N-methyl/N-ethyl adjacent to an activating group) is 1. The van der Waals surface area contributed by atoms with E-state index >= 15 is 0 Å². The van der Waals surface area contributed by atoms with Crippen LogP contribution < -0.4 is 10.6 Å². The van der Waals surface area contributed by atoms with Crippen LogP contribution in [0.3, 0.4) is 0 Å². The second-order valence-electron chi connectivity index (χ2n) is 9.90. The first-order valence-corrected chi connectivity index (χ1v) is 12.6. The molecule has 2 aliphatic rings. The average Bonchev–Trinajstić information content (AvgIpc) is 3.25. The SMILES string of the molecule is Cc1ccc2c(c1)NC(=S)Cc1cnc(Nc3cc(CCN4CCC(N(C)C)C4)cnc3C)nc1-2. The Morgan fingerprint density at radius 2 is 2.03 bits per heavy atom. The van der Waals surface area contributed by atoms with Crippen LogP contribution >= 0.6 is 12.2 Å². The number of nitrogens with one attached hydrogen (secondary N) is 2. The first-order chi connectivity index (χ1) is 16.9. The third kappa shape index (κ3) is 5.34. The van der Waals surface area contributed by atoms with E-state index in [9.17, 15) is 0 Å². The molecule has 8 heteroatoms. The smallest absolute Gasteiger partial charge is 0.227 e. The number of rotatable bonds is 6. The van der Waals surface area contributed by atoms with E-state index in [1.54, 1.807) is 0 Å². The number of thiocarbonyl (C=S) groups is 1. The Hall–Kier alpha value is -2.94. The zero-order valence-corrected chi connectivity index (χ0v) is 21.7. The van der Waals surface area contributed by atoms with E-state index in [1.165, 1.54) is 17.5 Å². The Morgan fingerprint density at radius 1 is 1.17 bits per heavy atom. The number of hydrogen-bond donors (Lipinski definition) is 2. The molecule has 35 heavy (non-hydrogen) atoms. The maximum absolute atomic E-state index is 5.54. The van der Waals surface area contributed by atoms with E-state index in [-0.39, 0.29) is 0 Å². The maximum Gasteiger partial charge on any atom is 0.227 e. The zero-order valence-electron chi connectivity index (χ0n) is 20.9. The molecule has 1 aromatic carbocycles. The summed E-state index contributed by atoms with van der Waals surface area (Å²) in [7, 11) is 4.34. The fourth-order valence-electron chi connectivity index (χ4n) is 4.85. The quantitative estimate of drug-likeness (QED) is 0.497. The Bertz CT molecular complexity index is 1260. The van der Waals surface area contributed by atoms with Gasteiger partial charge in [-0.3, -0.25) is 4.98 Å². The highest BCUT2D eigenvalue weighted by atomic mass is 32.1. The van der Waals surface area contributed by atoms with Crippen molar-refractivity contribution >= 4 is 34.5 Å². The Kier molecular flexibility index (Phi) is 6.77. The van der Waals surface area contributed by atoms with Crippen molar-refractivity contribution in [3.63, 3.8) is 0 Å². The van der Waals surface area contributed by atoms with Crippen LogP contribution in [0.15, 0.2) is 36.7 Å². The number of pyridine rings is 1. The summed E-state index contributed by atoms with van der Waals surface area (Å²) in [6.07, 6.45) is 6.71. The van der Waals surface area contributed by atoms with Crippen molar-refractivity contribution in [3.8, 4) is 11.3 Å². The first kappa shape index (κ1) is 23.8. The fraction of sp³-hybridized carbons (Fsp3) is 0.407. The van der Waals surface area contributed by atoms with Gasteiger partial charge in [0.2, 0.25) is 5.95 Å². The molecule has 2 aromatic heterocycles. The highest BCUT2D eigenvalue weighted by Gasteiger charge is 2.23. The summed E-state index contributed by atoms with van der Waals surface area (Å²) in [5.41, 5.74) is 8.26. The molecule has 2 aliphatic heterocycles. The molecule has 1 unspecified atom stereocenters. The van der Waals surface area contributed by atoms with Crippen LogP contribution in [-0.4, -0.2) is 69.5 Å². The molecule has 0 radical (unpaired) electrons. The van der Waals surface area contributed by atoms with Gasteiger partial charge < -0.3 is 20.4 Å². The summed E-state index contributed by atoms with van der Waals surface area (Å²) >= 11 is 5.54. The van der Waals surface area contributed by atoms with Crippen LogP contribution in [0.1, 0.15) is 28.8 Å². The van der Waals surface area contributed by atoms with Crippen molar-refractivity contribution in [2.24, 2.45) is 0 Å². The average molecular weight is 488 g/mol. The Labute approximate surface area is 213 Å². The van der Waals surface area contributed by atoms with Crippen molar-refractivity contribution in [1.82, 2.24) is 24.8 Å². The molecule has 0 aliphatic carbocycles. The van der Waals surface area contributed by atoms with Crippen molar-refractivity contribution in [2.45, 2.75) is 39.2 Å². The largest absolute Gasteiger partial charge is 0.349 e. The van der Waals surface area contributed by atoms with Gasteiger partial charge in [0.15, 0.2) is 0 Å². The van der Waals surface area contributed by atoms with E-state index in [0.29, 0.717) is 18.4 Å².